The summed E-state index contributed by atoms with van der Waals surface area (Å²) in [6.07, 6.45) is 2.86. The Hall–Kier alpha value is -1.06. The van der Waals surface area contributed by atoms with Crippen LogP contribution in [0.4, 0.5) is 5.69 Å². The van der Waals surface area contributed by atoms with Gasteiger partial charge >= 0.3 is 0 Å². The third-order valence-electron chi connectivity index (χ3n) is 3.46. The maximum Gasteiger partial charge on any atom is 0.290 e. The Balaban J connectivity index is 0.00000220. The molecule has 107 valence electrons. The summed E-state index contributed by atoms with van der Waals surface area (Å²) < 4.78 is 1.99. The molecule has 1 N–H and O–H groups in total. The average molecular weight is 358 g/mol. The minimum atomic E-state index is 0. The van der Waals surface area contributed by atoms with Gasteiger partial charge in [-0.15, -0.1) is 0 Å². The van der Waals surface area contributed by atoms with E-state index in [2.05, 4.69) is 12.2 Å². The zero-order chi connectivity index (χ0) is 14.5. The molecule has 0 unspecified atom stereocenters. The molecule has 1 aromatic heterocycles. The summed E-state index contributed by atoms with van der Waals surface area (Å²) >= 11 is 0. The molecule has 1 radical (unpaired) electrons. The van der Waals surface area contributed by atoms with Crippen LogP contribution in [0.25, 0.3) is 0 Å². The van der Waals surface area contributed by atoms with E-state index in [1.807, 2.05) is 61.0 Å². The summed E-state index contributed by atoms with van der Waals surface area (Å²) in [4.78, 5) is 12.2. The quantitative estimate of drug-likeness (QED) is 0.838. The van der Waals surface area contributed by atoms with Crippen LogP contribution in [0.5, 0.6) is 0 Å². The van der Waals surface area contributed by atoms with Gasteiger partial charge < -0.3 is 5.32 Å². The second kappa shape index (κ2) is 8.40. The third-order valence-corrected chi connectivity index (χ3v) is 3.46. The van der Waals surface area contributed by atoms with Crippen LogP contribution in [-0.2, 0) is 50.5 Å². The average Bonchev–Trinajstić information content (AvgIpc) is 2.44. The largest absolute Gasteiger partial charge is 0.320 e. The summed E-state index contributed by atoms with van der Waals surface area (Å²) in [6, 6.07) is 12.0. The molecule has 0 bridgehead atoms. The first-order valence-electron chi connectivity index (χ1n) is 6.95. The third kappa shape index (κ3) is 4.72. The topological polar surface area (TPSA) is 33.0 Å². The Bertz CT molecular complexity index is 606. The molecule has 3 nitrogen and oxygen atoms in total. The Kier molecular flexibility index (Phi) is 7.20. The van der Waals surface area contributed by atoms with Gasteiger partial charge in [0.05, 0.1) is 0 Å². The van der Waals surface area contributed by atoms with Gasteiger partial charge in [-0.1, -0.05) is 31.2 Å². The molecule has 0 saturated carbocycles. The van der Waals surface area contributed by atoms with Crippen molar-refractivity contribution in [1.82, 2.24) is 0 Å². The second-order valence-corrected chi connectivity index (χ2v) is 4.99. The summed E-state index contributed by atoms with van der Waals surface area (Å²) in [5.41, 5.74) is 4.26. The van der Waals surface area contributed by atoms with E-state index in [1.54, 1.807) is 0 Å². The number of hydrogen-bond acceptors (Lipinski definition) is 1. The first kappa shape index (κ1) is 18.0. The number of anilines is 1. The van der Waals surface area contributed by atoms with Gasteiger partial charge in [0.25, 0.3) is 5.91 Å². The first-order chi connectivity index (χ1) is 9.61. The van der Waals surface area contributed by atoms with Gasteiger partial charge in [-0.2, -0.15) is 4.57 Å². The van der Waals surface area contributed by atoms with Crippen molar-refractivity contribution in [1.29, 1.82) is 0 Å². The summed E-state index contributed by atoms with van der Waals surface area (Å²) in [5, 5.41) is 3.02. The van der Waals surface area contributed by atoms with Gasteiger partial charge in [-0.05, 0) is 25.0 Å². The molecular formula is C17H21N2OY+. The predicted octanol–water partition coefficient (Wildman–Crippen LogP) is 2.79. The fourth-order valence-corrected chi connectivity index (χ4v) is 2.33. The monoisotopic (exact) mass is 358 g/mol. The van der Waals surface area contributed by atoms with Crippen molar-refractivity contribution in [2.45, 2.75) is 33.7 Å². The van der Waals surface area contributed by atoms with Crippen molar-refractivity contribution in [3.8, 4) is 0 Å². The molecule has 0 fully saturated rings. The molecular weight excluding hydrogens is 337 g/mol. The van der Waals surface area contributed by atoms with Crippen LogP contribution < -0.4 is 9.88 Å². The van der Waals surface area contributed by atoms with E-state index in [1.165, 1.54) is 0 Å². The Labute approximate surface area is 151 Å². The van der Waals surface area contributed by atoms with Crippen molar-refractivity contribution >= 4 is 11.6 Å². The van der Waals surface area contributed by atoms with Crippen molar-refractivity contribution in [3.05, 3.63) is 59.4 Å². The molecule has 0 atom stereocenters. The minimum Gasteiger partial charge on any atom is -0.320 e. The smallest absolute Gasteiger partial charge is 0.290 e. The Morgan fingerprint density at radius 3 is 2.38 bits per heavy atom. The van der Waals surface area contributed by atoms with Crippen LogP contribution in [0, 0.1) is 13.8 Å². The van der Waals surface area contributed by atoms with Crippen molar-refractivity contribution in [2.75, 3.05) is 5.32 Å². The van der Waals surface area contributed by atoms with Gasteiger partial charge in [-0.25, -0.2) is 0 Å². The van der Waals surface area contributed by atoms with Crippen LogP contribution in [0.3, 0.4) is 0 Å². The van der Waals surface area contributed by atoms with Gasteiger partial charge in [-0.3, -0.25) is 4.79 Å². The maximum absolute atomic E-state index is 12.2. The van der Waals surface area contributed by atoms with Crippen LogP contribution in [-0.4, -0.2) is 5.91 Å². The number of para-hydroxylation sites is 1. The first-order valence-corrected chi connectivity index (χ1v) is 6.95. The van der Waals surface area contributed by atoms with E-state index in [0.29, 0.717) is 6.54 Å². The number of pyridine rings is 1. The van der Waals surface area contributed by atoms with E-state index in [4.69, 9.17) is 0 Å². The van der Waals surface area contributed by atoms with Crippen molar-refractivity contribution < 1.29 is 42.1 Å². The molecule has 0 aliphatic heterocycles. The molecule has 0 aliphatic carbocycles. The van der Waals surface area contributed by atoms with E-state index in [9.17, 15) is 4.79 Å². The SMILES string of the molecule is CCc1cccc[n+]1CC(=O)Nc1c(C)cccc1C.[Y]. The molecule has 1 heterocycles. The van der Waals surface area contributed by atoms with E-state index < -0.39 is 0 Å². The number of amides is 1. The Morgan fingerprint density at radius 2 is 1.76 bits per heavy atom. The number of rotatable bonds is 4. The maximum atomic E-state index is 12.2. The van der Waals surface area contributed by atoms with Crippen LogP contribution in [0.2, 0.25) is 0 Å². The normalized spacial score (nSPS) is 9.86. The van der Waals surface area contributed by atoms with E-state index in [0.717, 1.165) is 28.9 Å². The van der Waals surface area contributed by atoms with Crippen LogP contribution in [0.15, 0.2) is 42.6 Å². The molecule has 0 spiro atoms. The van der Waals surface area contributed by atoms with Crippen LogP contribution >= 0.6 is 0 Å². The van der Waals surface area contributed by atoms with Gasteiger partial charge in [0, 0.05) is 57.0 Å². The predicted molar refractivity (Wildman–Crippen MR) is 80.6 cm³/mol. The molecule has 1 amide bonds. The molecule has 0 saturated heterocycles. The van der Waals surface area contributed by atoms with Gasteiger partial charge in [0.1, 0.15) is 0 Å². The van der Waals surface area contributed by atoms with Crippen LogP contribution in [0.1, 0.15) is 23.7 Å². The number of benzene rings is 1. The van der Waals surface area contributed by atoms with Gasteiger partial charge in [0.15, 0.2) is 11.9 Å². The molecule has 2 aromatic rings. The molecule has 4 heteroatoms. The van der Waals surface area contributed by atoms with Crippen molar-refractivity contribution in [3.63, 3.8) is 0 Å². The number of hydrogen-bond donors (Lipinski definition) is 1. The summed E-state index contributed by atoms with van der Waals surface area (Å²) in [7, 11) is 0. The Morgan fingerprint density at radius 1 is 1.10 bits per heavy atom. The molecule has 1 aromatic carbocycles. The number of aryl methyl sites for hydroxylation is 3. The second-order valence-electron chi connectivity index (χ2n) is 4.99. The standard InChI is InChI=1S/C17H20N2O.Y/c1-4-15-10-5-6-11-19(15)12-16(20)18-17-13(2)8-7-9-14(17)3;/h5-11H,4,12H2,1-3H3;/p+1. The number of nitrogens with one attached hydrogen (secondary N) is 1. The van der Waals surface area contributed by atoms with Gasteiger partial charge in [0.2, 0.25) is 6.54 Å². The van der Waals surface area contributed by atoms with E-state index >= 15 is 0 Å². The summed E-state index contributed by atoms with van der Waals surface area (Å²) in [5.74, 6) is 0.00769. The number of nitrogens with zero attached hydrogens (tertiary/aromatic N) is 1. The number of carbonyl (C=O) groups excluding carboxylic acids is 1. The molecule has 0 aliphatic rings. The molecule has 2 rings (SSSR count). The zero-order valence-electron chi connectivity index (χ0n) is 12.9. The molecule has 21 heavy (non-hydrogen) atoms. The fraction of sp³-hybridized carbons (Fsp3) is 0.294. The summed E-state index contributed by atoms with van der Waals surface area (Å²) in [6.45, 7) is 6.46. The van der Waals surface area contributed by atoms with Crippen molar-refractivity contribution in [2.24, 2.45) is 0 Å². The fourth-order valence-electron chi connectivity index (χ4n) is 2.33. The van der Waals surface area contributed by atoms with E-state index in [-0.39, 0.29) is 38.6 Å². The number of carbonyl (C=O) groups is 1. The number of aromatic nitrogens is 1. The minimum absolute atomic E-state index is 0. The zero-order valence-corrected chi connectivity index (χ0v) is 15.7.